The van der Waals surface area contributed by atoms with Crippen LogP contribution in [0.15, 0.2) is 12.5 Å². The number of halogens is 3. The minimum atomic E-state index is -4.52. The summed E-state index contributed by atoms with van der Waals surface area (Å²) >= 11 is 0. The van der Waals surface area contributed by atoms with Crippen molar-refractivity contribution in [1.29, 1.82) is 0 Å². The molecule has 2 aromatic heterocycles. The number of rotatable bonds is 3. The van der Waals surface area contributed by atoms with Gasteiger partial charge in [0.1, 0.15) is 5.52 Å². The lowest BCUT2D eigenvalue weighted by atomic mass is 10.3. The fourth-order valence-electron chi connectivity index (χ4n) is 1.48. The van der Waals surface area contributed by atoms with Crippen molar-refractivity contribution in [3.05, 3.63) is 18.3 Å². The fourth-order valence-corrected chi connectivity index (χ4v) is 1.48. The van der Waals surface area contributed by atoms with Gasteiger partial charge in [-0.25, -0.2) is 15.0 Å². The zero-order valence-corrected chi connectivity index (χ0v) is 9.20. The predicted octanol–water partition coefficient (Wildman–Crippen LogP) is 2.65. The molecule has 0 aromatic carbocycles. The van der Waals surface area contributed by atoms with Crippen molar-refractivity contribution in [3.8, 4) is 0 Å². The second-order valence-corrected chi connectivity index (χ2v) is 3.69. The average Bonchev–Trinajstić information content (AvgIpc) is 2.67. The molecule has 0 bridgehead atoms. The monoisotopic (exact) mass is 244 g/mol. The van der Waals surface area contributed by atoms with Crippen LogP contribution in [0.1, 0.15) is 25.6 Å². The quantitative estimate of drug-likeness (QED) is 0.833. The number of hydrogen-bond donors (Lipinski definition) is 0. The van der Waals surface area contributed by atoms with Crippen LogP contribution in [0.4, 0.5) is 13.2 Å². The van der Waals surface area contributed by atoms with Gasteiger partial charge in [0.25, 0.3) is 0 Å². The normalized spacial score (nSPS) is 12.2. The number of hydrogen-bond acceptors (Lipinski definition) is 3. The molecule has 2 rings (SSSR count). The Kier molecular flexibility index (Phi) is 2.99. The summed E-state index contributed by atoms with van der Waals surface area (Å²) in [5, 5.41) is 0. The molecule has 0 N–H and O–H groups in total. The van der Waals surface area contributed by atoms with E-state index >= 15 is 0 Å². The molecule has 0 aliphatic carbocycles. The Morgan fingerprint density at radius 2 is 2.06 bits per heavy atom. The van der Waals surface area contributed by atoms with Crippen molar-refractivity contribution in [3.63, 3.8) is 0 Å². The van der Waals surface area contributed by atoms with E-state index in [2.05, 4.69) is 15.0 Å². The van der Waals surface area contributed by atoms with Gasteiger partial charge in [-0.3, -0.25) is 0 Å². The van der Waals surface area contributed by atoms with Crippen molar-refractivity contribution >= 4 is 11.2 Å². The molecule has 0 fully saturated rings. The molecule has 17 heavy (non-hydrogen) atoms. The Morgan fingerprint density at radius 3 is 2.71 bits per heavy atom. The van der Waals surface area contributed by atoms with E-state index in [1.165, 1.54) is 6.33 Å². The average molecular weight is 244 g/mol. The lowest BCUT2D eigenvalue weighted by molar-refractivity contribution is -0.144. The van der Waals surface area contributed by atoms with Crippen LogP contribution in [-0.2, 0) is 12.7 Å². The maximum atomic E-state index is 12.5. The molecule has 0 aliphatic heterocycles. The van der Waals surface area contributed by atoms with Gasteiger partial charge < -0.3 is 4.57 Å². The first-order chi connectivity index (χ1) is 8.02. The maximum absolute atomic E-state index is 12.5. The predicted molar refractivity (Wildman–Crippen MR) is 55.2 cm³/mol. The number of unbranched alkanes of at least 4 members (excludes halogenated alkanes) is 1. The van der Waals surface area contributed by atoms with Gasteiger partial charge in [-0.1, -0.05) is 13.3 Å². The summed E-state index contributed by atoms with van der Waals surface area (Å²) in [5.41, 5.74) is 0.620. The summed E-state index contributed by atoms with van der Waals surface area (Å²) in [5.74, 6) is -1.12. The molecule has 2 heterocycles. The molecule has 0 atom stereocenters. The zero-order valence-electron chi connectivity index (χ0n) is 9.20. The van der Waals surface area contributed by atoms with E-state index in [4.69, 9.17) is 0 Å². The van der Waals surface area contributed by atoms with Gasteiger partial charge in [0.2, 0.25) is 5.82 Å². The SMILES string of the molecule is CCCCn1cnc2cnc(C(F)(F)F)nc21. The smallest absolute Gasteiger partial charge is 0.315 e. The zero-order chi connectivity index (χ0) is 12.5. The number of aromatic nitrogens is 4. The van der Waals surface area contributed by atoms with E-state index in [-0.39, 0.29) is 5.65 Å². The molecule has 0 aliphatic rings. The van der Waals surface area contributed by atoms with E-state index in [1.807, 2.05) is 6.92 Å². The van der Waals surface area contributed by atoms with Crippen LogP contribution in [-0.4, -0.2) is 19.5 Å². The minimum Gasteiger partial charge on any atom is -0.315 e. The van der Waals surface area contributed by atoms with Crippen molar-refractivity contribution in [2.45, 2.75) is 32.5 Å². The van der Waals surface area contributed by atoms with Gasteiger partial charge in [0.05, 0.1) is 12.5 Å². The van der Waals surface area contributed by atoms with Crippen LogP contribution in [0.25, 0.3) is 11.2 Å². The Hall–Kier alpha value is -1.66. The van der Waals surface area contributed by atoms with Crippen LogP contribution in [0.2, 0.25) is 0 Å². The van der Waals surface area contributed by atoms with E-state index < -0.39 is 12.0 Å². The van der Waals surface area contributed by atoms with E-state index in [0.717, 1.165) is 19.0 Å². The number of fused-ring (bicyclic) bond motifs is 1. The summed E-state index contributed by atoms with van der Waals surface area (Å²) in [4.78, 5) is 10.7. The van der Waals surface area contributed by atoms with Crippen LogP contribution < -0.4 is 0 Å². The number of nitrogens with zero attached hydrogens (tertiary/aromatic N) is 4. The highest BCUT2D eigenvalue weighted by molar-refractivity contribution is 5.69. The van der Waals surface area contributed by atoms with Gasteiger partial charge in [0, 0.05) is 6.54 Å². The highest BCUT2D eigenvalue weighted by atomic mass is 19.4. The number of imidazole rings is 1. The molecule has 7 heteroatoms. The lowest BCUT2D eigenvalue weighted by Crippen LogP contribution is -2.11. The Balaban J connectivity index is 2.43. The topological polar surface area (TPSA) is 43.6 Å². The Bertz CT molecular complexity index is 518. The third-order valence-corrected chi connectivity index (χ3v) is 2.36. The van der Waals surface area contributed by atoms with Gasteiger partial charge in [0.15, 0.2) is 5.65 Å². The van der Waals surface area contributed by atoms with Crippen molar-refractivity contribution in [2.24, 2.45) is 0 Å². The largest absolute Gasteiger partial charge is 0.451 e. The van der Waals surface area contributed by atoms with Crippen molar-refractivity contribution in [2.75, 3.05) is 0 Å². The minimum absolute atomic E-state index is 0.237. The van der Waals surface area contributed by atoms with Crippen LogP contribution in [0.5, 0.6) is 0 Å². The van der Waals surface area contributed by atoms with E-state index in [9.17, 15) is 13.2 Å². The molecule has 0 saturated heterocycles. The first-order valence-corrected chi connectivity index (χ1v) is 5.27. The van der Waals surface area contributed by atoms with Crippen molar-refractivity contribution in [1.82, 2.24) is 19.5 Å². The lowest BCUT2D eigenvalue weighted by Gasteiger charge is -2.05. The van der Waals surface area contributed by atoms with Crippen LogP contribution in [0, 0.1) is 0 Å². The molecular weight excluding hydrogens is 233 g/mol. The molecule has 0 radical (unpaired) electrons. The molecule has 0 amide bonds. The molecule has 4 nitrogen and oxygen atoms in total. The van der Waals surface area contributed by atoms with E-state index in [0.29, 0.717) is 12.1 Å². The summed E-state index contributed by atoms with van der Waals surface area (Å²) in [6, 6.07) is 0. The highest BCUT2D eigenvalue weighted by Gasteiger charge is 2.35. The molecular formula is C10H11F3N4. The van der Waals surface area contributed by atoms with Crippen LogP contribution in [0.3, 0.4) is 0 Å². The summed E-state index contributed by atoms with van der Waals surface area (Å²) in [7, 11) is 0. The first kappa shape index (κ1) is 11.8. The summed E-state index contributed by atoms with van der Waals surface area (Å²) < 4.78 is 39.0. The Labute approximate surface area is 95.5 Å². The van der Waals surface area contributed by atoms with Gasteiger partial charge in [-0.15, -0.1) is 0 Å². The number of alkyl halides is 3. The summed E-state index contributed by atoms with van der Waals surface area (Å²) in [6.07, 6.45) is -0.0927. The highest BCUT2D eigenvalue weighted by Crippen LogP contribution is 2.26. The molecule has 0 saturated carbocycles. The Morgan fingerprint density at radius 1 is 1.29 bits per heavy atom. The van der Waals surface area contributed by atoms with Gasteiger partial charge >= 0.3 is 6.18 Å². The third-order valence-electron chi connectivity index (χ3n) is 2.36. The third kappa shape index (κ3) is 2.37. The summed E-state index contributed by atoms with van der Waals surface area (Å²) in [6.45, 7) is 2.62. The van der Waals surface area contributed by atoms with Crippen LogP contribution >= 0.6 is 0 Å². The maximum Gasteiger partial charge on any atom is 0.451 e. The van der Waals surface area contributed by atoms with E-state index in [1.54, 1.807) is 4.57 Å². The van der Waals surface area contributed by atoms with Gasteiger partial charge in [-0.2, -0.15) is 13.2 Å². The second-order valence-electron chi connectivity index (χ2n) is 3.69. The fraction of sp³-hybridized carbons (Fsp3) is 0.500. The molecule has 92 valence electrons. The standard InChI is InChI=1S/C10H11F3N4/c1-2-3-4-17-6-15-7-5-14-9(10(11,12)13)16-8(7)17/h5-6H,2-4H2,1H3. The second kappa shape index (κ2) is 4.31. The molecule has 0 unspecified atom stereocenters. The number of aryl methyl sites for hydroxylation is 1. The van der Waals surface area contributed by atoms with Gasteiger partial charge in [-0.05, 0) is 6.42 Å². The van der Waals surface area contributed by atoms with Crippen molar-refractivity contribution < 1.29 is 13.2 Å². The molecule has 0 spiro atoms. The first-order valence-electron chi connectivity index (χ1n) is 5.27. The molecule has 2 aromatic rings.